The standard InChI is InChI=1S/C3H2FNO/c4-5-2-1-3(5)6/h1-2H. The van der Waals surface area contributed by atoms with Crippen molar-refractivity contribution in [1.29, 1.82) is 0 Å². The summed E-state index contributed by atoms with van der Waals surface area (Å²) in [4.78, 5) is 9.69. The summed E-state index contributed by atoms with van der Waals surface area (Å²) in [6, 6.07) is 0. The van der Waals surface area contributed by atoms with Gasteiger partial charge in [0.2, 0.25) is 0 Å². The Morgan fingerprint density at radius 2 is 2.33 bits per heavy atom. The normalized spacial score (nSPS) is 18.2. The lowest BCUT2D eigenvalue weighted by Crippen LogP contribution is -2.21. The molecule has 0 spiro atoms. The minimum atomic E-state index is -0.574. The Labute approximate surface area is 33.8 Å². The molecule has 0 unspecified atom stereocenters. The van der Waals surface area contributed by atoms with Crippen molar-refractivity contribution in [3.8, 4) is 0 Å². The average molecular weight is 87.1 g/mol. The van der Waals surface area contributed by atoms with Crippen LogP contribution in [-0.4, -0.2) is 11.0 Å². The molecule has 0 aliphatic carbocycles. The van der Waals surface area contributed by atoms with E-state index < -0.39 is 5.91 Å². The number of halogens is 1. The highest BCUT2D eigenvalue weighted by Gasteiger charge is 2.13. The fourth-order valence-electron chi connectivity index (χ4n) is 0.192. The molecule has 1 aliphatic heterocycles. The number of hydrogen-bond acceptors (Lipinski definition) is 1. The third-order valence-corrected chi connectivity index (χ3v) is 0.559. The molecule has 1 aliphatic rings. The summed E-state index contributed by atoms with van der Waals surface area (Å²) >= 11 is 0. The van der Waals surface area contributed by atoms with Crippen LogP contribution in [0.3, 0.4) is 0 Å². The first-order chi connectivity index (χ1) is 2.80. The molecule has 1 amide bonds. The van der Waals surface area contributed by atoms with Crippen molar-refractivity contribution >= 4 is 5.91 Å². The molecular formula is C3H2FNO. The molecule has 0 saturated heterocycles. The summed E-state index contributed by atoms with van der Waals surface area (Å²) < 4.78 is 11.3. The highest BCUT2D eigenvalue weighted by Crippen LogP contribution is 2.02. The lowest BCUT2D eigenvalue weighted by Gasteiger charge is -2.08. The van der Waals surface area contributed by atoms with E-state index in [9.17, 15) is 9.28 Å². The predicted molar refractivity (Wildman–Crippen MR) is 17.1 cm³/mol. The van der Waals surface area contributed by atoms with E-state index in [1.165, 1.54) is 0 Å². The summed E-state index contributed by atoms with van der Waals surface area (Å²) in [5.74, 6) is -0.574. The molecule has 3 heteroatoms. The van der Waals surface area contributed by atoms with Crippen molar-refractivity contribution in [2.24, 2.45) is 0 Å². The van der Waals surface area contributed by atoms with Gasteiger partial charge in [0.15, 0.2) is 0 Å². The van der Waals surface area contributed by atoms with Gasteiger partial charge < -0.3 is 0 Å². The Balaban J connectivity index is 2.67. The minimum absolute atomic E-state index is 0.0278. The second-order valence-corrected chi connectivity index (χ2v) is 0.965. The monoisotopic (exact) mass is 87.0 g/mol. The van der Waals surface area contributed by atoms with E-state index in [1.807, 2.05) is 0 Å². The summed E-state index contributed by atoms with van der Waals surface area (Å²) in [6.07, 6.45) is 2.21. The maximum atomic E-state index is 11.3. The van der Waals surface area contributed by atoms with Crippen LogP contribution in [0.1, 0.15) is 0 Å². The number of amides is 1. The van der Waals surface area contributed by atoms with Crippen LogP contribution in [0.4, 0.5) is 4.48 Å². The molecule has 0 aromatic heterocycles. The van der Waals surface area contributed by atoms with Crippen LogP contribution in [0.2, 0.25) is 0 Å². The Kier molecular flexibility index (Phi) is 0.445. The van der Waals surface area contributed by atoms with Crippen molar-refractivity contribution in [3.05, 3.63) is 12.3 Å². The molecule has 2 nitrogen and oxygen atoms in total. The third-order valence-electron chi connectivity index (χ3n) is 0.559. The van der Waals surface area contributed by atoms with Crippen LogP contribution in [0.25, 0.3) is 0 Å². The van der Waals surface area contributed by atoms with Gasteiger partial charge in [0.1, 0.15) is 0 Å². The van der Waals surface area contributed by atoms with Crippen molar-refractivity contribution in [2.45, 2.75) is 0 Å². The Morgan fingerprint density at radius 1 is 1.83 bits per heavy atom. The molecule has 0 saturated carbocycles. The number of nitrogens with zero attached hydrogens (tertiary/aromatic N) is 1. The van der Waals surface area contributed by atoms with Crippen molar-refractivity contribution in [1.82, 2.24) is 5.12 Å². The number of carbonyl (C=O) groups excluding carboxylic acids is 1. The van der Waals surface area contributed by atoms with Gasteiger partial charge in [0, 0.05) is 12.3 Å². The van der Waals surface area contributed by atoms with Crippen LogP contribution in [0.5, 0.6) is 0 Å². The van der Waals surface area contributed by atoms with Gasteiger partial charge in [-0.3, -0.25) is 4.79 Å². The van der Waals surface area contributed by atoms with E-state index >= 15 is 0 Å². The maximum absolute atomic E-state index is 11.3. The average Bonchev–Trinajstić information content (AvgIpc) is 1.61. The highest BCUT2D eigenvalue weighted by molar-refractivity contribution is 5.92. The lowest BCUT2D eigenvalue weighted by molar-refractivity contribution is -0.138. The largest absolute Gasteiger partial charge is 0.280 e. The van der Waals surface area contributed by atoms with E-state index in [4.69, 9.17) is 0 Å². The van der Waals surface area contributed by atoms with Crippen LogP contribution in [0, 0.1) is 0 Å². The molecule has 0 aromatic carbocycles. The van der Waals surface area contributed by atoms with Gasteiger partial charge in [-0.05, 0) is 0 Å². The summed E-state index contributed by atoms with van der Waals surface area (Å²) in [5.41, 5.74) is 0. The maximum Gasteiger partial charge on any atom is 0.280 e. The van der Waals surface area contributed by atoms with Crippen LogP contribution in [0.15, 0.2) is 12.3 Å². The van der Waals surface area contributed by atoms with E-state index in [0.29, 0.717) is 0 Å². The topological polar surface area (TPSA) is 20.3 Å². The van der Waals surface area contributed by atoms with E-state index in [1.54, 1.807) is 0 Å². The number of hydrogen-bond donors (Lipinski definition) is 0. The zero-order valence-corrected chi connectivity index (χ0v) is 2.89. The molecule has 0 radical (unpaired) electrons. The second-order valence-electron chi connectivity index (χ2n) is 0.965. The SMILES string of the molecule is O=C1C=CN1F. The second kappa shape index (κ2) is 0.801. The number of carbonyl (C=O) groups is 1. The molecule has 0 aromatic rings. The van der Waals surface area contributed by atoms with Crippen LogP contribution >= 0.6 is 0 Å². The van der Waals surface area contributed by atoms with Gasteiger partial charge in [-0.25, -0.2) is 0 Å². The fraction of sp³-hybridized carbons (Fsp3) is 0. The molecule has 0 bridgehead atoms. The first-order valence-electron chi connectivity index (χ1n) is 1.48. The molecule has 32 valence electrons. The number of rotatable bonds is 0. The molecule has 0 atom stereocenters. The van der Waals surface area contributed by atoms with Gasteiger partial charge in [0.25, 0.3) is 5.91 Å². The minimum Gasteiger partial charge on any atom is -0.267 e. The van der Waals surface area contributed by atoms with Crippen LogP contribution < -0.4 is 0 Å². The Hall–Kier alpha value is -0.860. The molecule has 0 fully saturated rings. The van der Waals surface area contributed by atoms with Crippen molar-refractivity contribution in [2.75, 3.05) is 0 Å². The van der Waals surface area contributed by atoms with Crippen LogP contribution in [-0.2, 0) is 4.79 Å². The van der Waals surface area contributed by atoms with E-state index in [2.05, 4.69) is 0 Å². The summed E-state index contributed by atoms with van der Waals surface area (Å²) in [6.45, 7) is 0. The highest BCUT2D eigenvalue weighted by atomic mass is 19.2. The van der Waals surface area contributed by atoms with Crippen molar-refractivity contribution in [3.63, 3.8) is 0 Å². The smallest absolute Gasteiger partial charge is 0.267 e. The van der Waals surface area contributed by atoms with Gasteiger partial charge in [-0.2, -0.15) is 0 Å². The van der Waals surface area contributed by atoms with E-state index in [0.717, 1.165) is 12.3 Å². The molecule has 1 rings (SSSR count). The molecule has 1 heterocycles. The van der Waals surface area contributed by atoms with E-state index in [-0.39, 0.29) is 5.12 Å². The summed E-state index contributed by atoms with van der Waals surface area (Å²) in [5, 5.41) is 0.0278. The molecule has 0 N–H and O–H groups in total. The van der Waals surface area contributed by atoms with Crippen molar-refractivity contribution < 1.29 is 9.28 Å². The predicted octanol–water partition coefficient (Wildman–Crippen LogP) is 0.227. The van der Waals surface area contributed by atoms with Gasteiger partial charge in [-0.15, -0.1) is 5.12 Å². The van der Waals surface area contributed by atoms with Gasteiger partial charge in [0.05, 0.1) is 0 Å². The molecule has 6 heavy (non-hydrogen) atoms. The molecular weight excluding hydrogens is 85.0 g/mol. The quantitative estimate of drug-likeness (QED) is 0.387. The first-order valence-corrected chi connectivity index (χ1v) is 1.48. The summed E-state index contributed by atoms with van der Waals surface area (Å²) in [7, 11) is 0. The Bertz CT molecular complexity index is 109. The zero-order valence-electron chi connectivity index (χ0n) is 2.89. The Morgan fingerprint density at radius 3 is 2.33 bits per heavy atom. The first kappa shape index (κ1) is 3.33. The van der Waals surface area contributed by atoms with Gasteiger partial charge >= 0.3 is 0 Å². The lowest BCUT2D eigenvalue weighted by atomic mass is 10.4. The fourth-order valence-corrected chi connectivity index (χ4v) is 0.192. The third kappa shape index (κ3) is 0.217. The van der Waals surface area contributed by atoms with Gasteiger partial charge in [-0.1, -0.05) is 4.48 Å². The zero-order chi connectivity index (χ0) is 4.57.